The van der Waals surface area contributed by atoms with Crippen molar-refractivity contribution < 1.29 is 0 Å². The Morgan fingerprint density at radius 2 is 2.26 bits per heavy atom. The number of rotatable bonds is 6. The van der Waals surface area contributed by atoms with Gasteiger partial charge >= 0.3 is 0 Å². The summed E-state index contributed by atoms with van der Waals surface area (Å²) in [6.07, 6.45) is 3.76. The minimum absolute atomic E-state index is 0.497. The fourth-order valence-electron chi connectivity index (χ4n) is 2.21. The summed E-state index contributed by atoms with van der Waals surface area (Å²) in [4.78, 5) is 10.2. The topological polar surface area (TPSA) is 49.8 Å². The maximum absolute atomic E-state index is 4.63. The van der Waals surface area contributed by atoms with Crippen molar-refractivity contribution >= 4 is 33.3 Å². The number of anilines is 2. The molecule has 4 nitrogen and oxygen atoms in total. The highest BCUT2D eigenvalue weighted by molar-refractivity contribution is 7.16. The summed E-state index contributed by atoms with van der Waals surface area (Å²) in [5, 5.41) is 10.1. The van der Waals surface area contributed by atoms with E-state index >= 15 is 0 Å². The fraction of sp³-hybridized carbons (Fsp3) is 0.571. The third-order valence-electron chi connectivity index (χ3n) is 3.55. The molecule has 5 heteroatoms. The van der Waals surface area contributed by atoms with E-state index in [9.17, 15) is 0 Å². The number of nitrogens with one attached hydrogen (secondary N) is 2. The van der Waals surface area contributed by atoms with Gasteiger partial charge in [-0.2, -0.15) is 4.98 Å². The molecule has 2 heterocycles. The Labute approximate surface area is 117 Å². The lowest BCUT2D eigenvalue weighted by Gasteiger charge is -2.15. The van der Waals surface area contributed by atoms with E-state index in [4.69, 9.17) is 0 Å². The molecule has 0 aromatic carbocycles. The van der Waals surface area contributed by atoms with Crippen molar-refractivity contribution in [1.29, 1.82) is 0 Å². The Morgan fingerprint density at radius 3 is 3.00 bits per heavy atom. The molecule has 3 rings (SSSR count). The maximum Gasteiger partial charge on any atom is 0.226 e. The van der Waals surface area contributed by atoms with Crippen molar-refractivity contribution in [3.05, 3.63) is 11.4 Å². The highest BCUT2D eigenvalue weighted by Gasteiger charge is 2.28. The summed E-state index contributed by atoms with van der Waals surface area (Å²) < 4.78 is 0. The van der Waals surface area contributed by atoms with Crippen LogP contribution in [-0.4, -0.2) is 22.6 Å². The van der Waals surface area contributed by atoms with Crippen LogP contribution in [0.25, 0.3) is 10.2 Å². The summed E-state index contributed by atoms with van der Waals surface area (Å²) in [6, 6.07) is 2.60. The van der Waals surface area contributed by atoms with Gasteiger partial charge in [-0.05, 0) is 43.6 Å². The van der Waals surface area contributed by atoms with Gasteiger partial charge in [0, 0.05) is 12.6 Å². The van der Waals surface area contributed by atoms with Crippen molar-refractivity contribution in [2.75, 3.05) is 17.2 Å². The van der Waals surface area contributed by atoms with Crippen LogP contribution in [-0.2, 0) is 0 Å². The number of nitrogens with zero attached hydrogens (tertiary/aromatic N) is 2. The zero-order chi connectivity index (χ0) is 13.2. The number of hydrogen-bond acceptors (Lipinski definition) is 5. The molecule has 2 aromatic rings. The van der Waals surface area contributed by atoms with Gasteiger partial charge < -0.3 is 10.6 Å². The van der Waals surface area contributed by atoms with E-state index in [0.29, 0.717) is 6.04 Å². The molecule has 1 atom stereocenters. The second-order valence-electron chi connectivity index (χ2n) is 5.23. The molecule has 102 valence electrons. The Hall–Kier alpha value is -1.36. The summed E-state index contributed by atoms with van der Waals surface area (Å²) in [6.45, 7) is 5.30. The highest BCUT2D eigenvalue weighted by Crippen LogP contribution is 2.35. The van der Waals surface area contributed by atoms with Gasteiger partial charge in [0.1, 0.15) is 10.6 Å². The van der Waals surface area contributed by atoms with Gasteiger partial charge in [-0.3, -0.25) is 0 Å². The average molecular weight is 276 g/mol. The molecule has 0 aliphatic heterocycles. The molecule has 0 amide bonds. The van der Waals surface area contributed by atoms with Crippen molar-refractivity contribution in [1.82, 2.24) is 9.97 Å². The Morgan fingerprint density at radius 1 is 1.42 bits per heavy atom. The van der Waals surface area contributed by atoms with Crippen molar-refractivity contribution in [3.8, 4) is 0 Å². The molecule has 2 N–H and O–H groups in total. The number of fused-ring (bicyclic) bond motifs is 1. The van der Waals surface area contributed by atoms with E-state index in [1.54, 1.807) is 11.3 Å². The predicted octanol–water partition coefficient (Wildman–Crippen LogP) is 3.72. The molecular formula is C14H20N4S. The summed E-state index contributed by atoms with van der Waals surface area (Å²) in [5.74, 6) is 2.53. The molecule has 2 aromatic heterocycles. The van der Waals surface area contributed by atoms with Gasteiger partial charge in [0.05, 0.1) is 5.39 Å². The second-order valence-corrected chi connectivity index (χ2v) is 6.13. The molecule has 1 unspecified atom stereocenters. The van der Waals surface area contributed by atoms with Gasteiger partial charge in [0.15, 0.2) is 0 Å². The van der Waals surface area contributed by atoms with Gasteiger partial charge in [-0.25, -0.2) is 4.98 Å². The molecule has 1 saturated carbocycles. The molecule has 0 radical (unpaired) electrons. The number of aromatic nitrogens is 2. The molecule has 19 heavy (non-hydrogen) atoms. The van der Waals surface area contributed by atoms with Crippen LogP contribution in [0.1, 0.15) is 33.1 Å². The first-order chi connectivity index (χ1) is 9.28. The third-order valence-corrected chi connectivity index (χ3v) is 4.36. The largest absolute Gasteiger partial charge is 0.367 e. The van der Waals surface area contributed by atoms with Crippen LogP contribution < -0.4 is 10.6 Å². The lowest BCUT2D eigenvalue weighted by molar-refractivity contribution is 0.691. The lowest BCUT2D eigenvalue weighted by Crippen LogP contribution is -2.19. The van der Waals surface area contributed by atoms with Crippen LogP contribution in [0, 0.1) is 5.92 Å². The SMILES string of the molecule is CCCNc1nc(NC(C)C2CC2)c2ccsc2n1. The normalized spacial score (nSPS) is 16.5. The lowest BCUT2D eigenvalue weighted by atomic mass is 10.2. The first-order valence-electron chi connectivity index (χ1n) is 7.03. The summed E-state index contributed by atoms with van der Waals surface area (Å²) >= 11 is 1.67. The van der Waals surface area contributed by atoms with Crippen LogP contribution in [0.2, 0.25) is 0 Å². The van der Waals surface area contributed by atoms with Crippen LogP contribution in [0.15, 0.2) is 11.4 Å². The molecular weight excluding hydrogens is 256 g/mol. The van der Waals surface area contributed by atoms with E-state index < -0.39 is 0 Å². The highest BCUT2D eigenvalue weighted by atomic mass is 32.1. The zero-order valence-electron chi connectivity index (χ0n) is 11.4. The monoisotopic (exact) mass is 276 g/mol. The van der Waals surface area contributed by atoms with E-state index in [1.807, 2.05) is 0 Å². The number of hydrogen-bond donors (Lipinski definition) is 2. The molecule has 0 bridgehead atoms. The minimum atomic E-state index is 0.497. The fourth-order valence-corrected chi connectivity index (χ4v) is 2.97. The van der Waals surface area contributed by atoms with Crippen LogP contribution in [0.3, 0.4) is 0 Å². The van der Waals surface area contributed by atoms with Gasteiger partial charge in [0.2, 0.25) is 5.95 Å². The first-order valence-corrected chi connectivity index (χ1v) is 7.91. The average Bonchev–Trinajstić information content (AvgIpc) is 3.15. The smallest absolute Gasteiger partial charge is 0.226 e. The summed E-state index contributed by atoms with van der Waals surface area (Å²) in [7, 11) is 0. The Bertz CT molecular complexity index is 562. The van der Waals surface area contributed by atoms with Crippen LogP contribution >= 0.6 is 11.3 Å². The van der Waals surface area contributed by atoms with Gasteiger partial charge in [-0.15, -0.1) is 11.3 Å². The van der Waals surface area contributed by atoms with E-state index in [1.165, 1.54) is 12.8 Å². The van der Waals surface area contributed by atoms with Crippen LogP contribution in [0.4, 0.5) is 11.8 Å². The standard InChI is InChI=1S/C14H20N4S/c1-3-7-15-14-17-12(16-9(2)10-4-5-10)11-6-8-19-13(11)18-14/h6,8-10H,3-5,7H2,1-2H3,(H2,15,16,17,18). The zero-order valence-corrected chi connectivity index (χ0v) is 12.3. The van der Waals surface area contributed by atoms with Crippen molar-refractivity contribution in [2.45, 2.75) is 39.2 Å². The van der Waals surface area contributed by atoms with Gasteiger partial charge in [-0.1, -0.05) is 6.92 Å². The molecule has 0 spiro atoms. The predicted molar refractivity (Wildman–Crippen MR) is 82.0 cm³/mol. The van der Waals surface area contributed by atoms with E-state index in [0.717, 1.165) is 40.9 Å². The minimum Gasteiger partial charge on any atom is -0.367 e. The molecule has 1 fully saturated rings. The molecule has 1 aliphatic carbocycles. The molecule has 1 aliphatic rings. The Kier molecular flexibility index (Phi) is 3.55. The summed E-state index contributed by atoms with van der Waals surface area (Å²) in [5.41, 5.74) is 0. The van der Waals surface area contributed by atoms with Crippen molar-refractivity contribution in [2.24, 2.45) is 5.92 Å². The molecule has 0 saturated heterocycles. The number of thiophene rings is 1. The Balaban J connectivity index is 1.88. The van der Waals surface area contributed by atoms with Gasteiger partial charge in [0.25, 0.3) is 0 Å². The van der Waals surface area contributed by atoms with Crippen molar-refractivity contribution in [3.63, 3.8) is 0 Å². The third kappa shape index (κ3) is 2.81. The maximum atomic E-state index is 4.63. The first kappa shape index (κ1) is 12.7. The van der Waals surface area contributed by atoms with E-state index in [2.05, 4.69) is 45.9 Å². The quantitative estimate of drug-likeness (QED) is 0.844. The van der Waals surface area contributed by atoms with E-state index in [-0.39, 0.29) is 0 Å². The van der Waals surface area contributed by atoms with Crippen LogP contribution in [0.5, 0.6) is 0 Å². The second kappa shape index (κ2) is 5.33.